The maximum atomic E-state index is 5.27. The fraction of sp³-hybridized carbons (Fsp3) is 0.500. The van der Waals surface area contributed by atoms with Gasteiger partial charge >= 0.3 is 0 Å². The first-order chi connectivity index (χ1) is 8.08. The van der Waals surface area contributed by atoms with Crippen molar-refractivity contribution in [1.82, 2.24) is 5.32 Å². The number of rotatable bonds is 6. The molecule has 0 fully saturated rings. The number of thioether (sulfide) groups is 1. The summed E-state index contributed by atoms with van der Waals surface area (Å²) in [6.45, 7) is 4.10. The van der Waals surface area contributed by atoms with Crippen molar-refractivity contribution in [2.45, 2.75) is 18.7 Å². The Morgan fingerprint density at radius 3 is 2.41 bits per heavy atom. The smallest absolute Gasteiger partial charge is 0.147 e. The zero-order valence-corrected chi connectivity index (χ0v) is 14.2. The summed E-state index contributed by atoms with van der Waals surface area (Å²) in [5.74, 6) is 0.839. The first-order valence-electron chi connectivity index (χ1n) is 5.34. The molecular weight excluding hydrogens is 366 g/mol. The Hall–Kier alpha value is 0.290. The molecule has 0 aliphatic heterocycles. The maximum absolute atomic E-state index is 5.27. The SMILES string of the molecule is COc1c(Br)cc(CNCC(C)SC)cc1Br. The summed E-state index contributed by atoms with van der Waals surface area (Å²) in [7, 11) is 1.67. The fourth-order valence-electron chi connectivity index (χ4n) is 1.41. The van der Waals surface area contributed by atoms with E-state index in [-0.39, 0.29) is 0 Å². The van der Waals surface area contributed by atoms with Gasteiger partial charge in [-0.15, -0.1) is 0 Å². The molecule has 1 aromatic carbocycles. The molecule has 0 bridgehead atoms. The van der Waals surface area contributed by atoms with E-state index in [1.807, 2.05) is 11.8 Å². The van der Waals surface area contributed by atoms with Crippen molar-refractivity contribution in [3.63, 3.8) is 0 Å². The Labute approximate surface area is 124 Å². The van der Waals surface area contributed by atoms with Crippen LogP contribution in [0.25, 0.3) is 0 Å². The topological polar surface area (TPSA) is 21.3 Å². The Morgan fingerprint density at radius 1 is 1.35 bits per heavy atom. The summed E-state index contributed by atoms with van der Waals surface area (Å²) in [5.41, 5.74) is 1.23. The van der Waals surface area contributed by atoms with Gasteiger partial charge in [0.05, 0.1) is 16.1 Å². The van der Waals surface area contributed by atoms with Gasteiger partial charge in [-0.25, -0.2) is 0 Å². The summed E-state index contributed by atoms with van der Waals surface area (Å²) < 4.78 is 7.23. The lowest BCUT2D eigenvalue weighted by Gasteiger charge is -2.12. The van der Waals surface area contributed by atoms with Gasteiger partial charge in [0.2, 0.25) is 0 Å². The number of halogens is 2. The van der Waals surface area contributed by atoms with Crippen LogP contribution in [0.4, 0.5) is 0 Å². The highest BCUT2D eigenvalue weighted by molar-refractivity contribution is 9.11. The van der Waals surface area contributed by atoms with E-state index in [0.29, 0.717) is 5.25 Å². The molecule has 0 aliphatic carbocycles. The average molecular weight is 383 g/mol. The molecule has 5 heteroatoms. The molecule has 0 spiro atoms. The number of methoxy groups -OCH3 is 1. The van der Waals surface area contributed by atoms with E-state index in [1.54, 1.807) is 7.11 Å². The average Bonchev–Trinajstić information content (AvgIpc) is 2.28. The lowest BCUT2D eigenvalue weighted by Crippen LogP contribution is -2.22. The molecule has 0 aliphatic rings. The molecule has 0 aromatic heterocycles. The normalized spacial score (nSPS) is 12.5. The van der Waals surface area contributed by atoms with Crippen molar-refractivity contribution >= 4 is 43.6 Å². The zero-order chi connectivity index (χ0) is 12.8. The Balaban J connectivity index is 2.61. The third kappa shape index (κ3) is 4.81. The predicted molar refractivity (Wildman–Crippen MR) is 83.1 cm³/mol. The molecule has 0 heterocycles. The van der Waals surface area contributed by atoms with Crippen molar-refractivity contribution in [2.24, 2.45) is 0 Å². The summed E-state index contributed by atoms with van der Waals surface area (Å²) in [6.07, 6.45) is 2.13. The first-order valence-corrected chi connectivity index (χ1v) is 8.21. The maximum Gasteiger partial charge on any atom is 0.147 e. The zero-order valence-electron chi connectivity index (χ0n) is 10.2. The van der Waals surface area contributed by atoms with E-state index in [0.717, 1.165) is 27.8 Å². The van der Waals surface area contributed by atoms with Gasteiger partial charge in [-0.2, -0.15) is 11.8 Å². The minimum Gasteiger partial charge on any atom is -0.494 e. The van der Waals surface area contributed by atoms with Gasteiger partial charge in [-0.1, -0.05) is 6.92 Å². The van der Waals surface area contributed by atoms with Crippen LogP contribution in [0, 0.1) is 0 Å². The molecule has 96 valence electrons. The second-order valence-electron chi connectivity index (χ2n) is 3.77. The van der Waals surface area contributed by atoms with Crippen LogP contribution in [0.5, 0.6) is 5.75 Å². The van der Waals surface area contributed by atoms with Gasteiger partial charge in [0.1, 0.15) is 5.75 Å². The molecule has 0 radical (unpaired) electrons. The van der Waals surface area contributed by atoms with Gasteiger partial charge in [0, 0.05) is 18.3 Å². The van der Waals surface area contributed by atoms with Crippen LogP contribution in [-0.2, 0) is 6.54 Å². The van der Waals surface area contributed by atoms with Gasteiger partial charge < -0.3 is 10.1 Å². The third-order valence-electron chi connectivity index (χ3n) is 2.43. The van der Waals surface area contributed by atoms with Gasteiger partial charge in [-0.3, -0.25) is 0 Å². The first kappa shape index (κ1) is 15.3. The quantitative estimate of drug-likeness (QED) is 0.801. The van der Waals surface area contributed by atoms with Crippen LogP contribution in [0.15, 0.2) is 21.1 Å². The van der Waals surface area contributed by atoms with Crippen LogP contribution in [0.3, 0.4) is 0 Å². The van der Waals surface area contributed by atoms with Gasteiger partial charge in [0.15, 0.2) is 0 Å². The summed E-state index contributed by atoms with van der Waals surface area (Å²) in [6, 6.07) is 4.17. The standard InChI is InChI=1S/C12H17Br2NOS/c1-8(17-3)6-15-7-9-4-10(13)12(16-2)11(14)5-9/h4-5,8,15H,6-7H2,1-3H3. The largest absolute Gasteiger partial charge is 0.494 e. The molecular formula is C12H17Br2NOS. The van der Waals surface area contributed by atoms with Crippen molar-refractivity contribution in [3.05, 3.63) is 26.6 Å². The molecule has 1 unspecified atom stereocenters. The number of ether oxygens (including phenoxy) is 1. The Kier molecular flexibility index (Phi) is 6.92. The van der Waals surface area contributed by atoms with Crippen LogP contribution in [-0.4, -0.2) is 25.2 Å². The van der Waals surface area contributed by atoms with E-state index >= 15 is 0 Å². The molecule has 1 atom stereocenters. The van der Waals surface area contributed by atoms with Gasteiger partial charge in [0.25, 0.3) is 0 Å². The highest BCUT2D eigenvalue weighted by atomic mass is 79.9. The monoisotopic (exact) mass is 381 g/mol. The number of benzene rings is 1. The number of nitrogens with one attached hydrogen (secondary N) is 1. The number of hydrogen-bond acceptors (Lipinski definition) is 3. The van der Waals surface area contributed by atoms with E-state index in [4.69, 9.17) is 4.74 Å². The van der Waals surface area contributed by atoms with Crippen LogP contribution in [0.2, 0.25) is 0 Å². The molecule has 2 nitrogen and oxygen atoms in total. The Morgan fingerprint density at radius 2 is 1.94 bits per heavy atom. The third-order valence-corrected chi connectivity index (χ3v) is 4.57. The molecule has 1 rings (SSSR count). The van der Waals surface area contributed by atoms with E-state index in [2.05, 4.69) is 62.5 Å². The van der Waals surface area contributed by atoms with Crippen LogP contribution in [0.1, 0.15) is 12.5 Å². The summed E-state index contributed by atoms with van der Waals surface area (Å²) in [4.78, 5) is 0. The van der Waals surface area contributed by atoms with Crippen molar-refractivity contribution in [2.75, 3.05) is 19.9 Å². The van der Waals surface area contributed by atoms with E-state index < -0.39 is 0 Å². The van der Waals surface area contributed by atoms with Crippen molar-refractivity contribution < 1.29 is 4.74 Å². The molecule has 0 amide bonds. The van der Waals surface area contributed by atoms with Crippen molar-refractivity contribution in [3.8, 4) is 5.75 Å². The Bertz CT molecular complexity index is 351. The lowest BCUT2D eigenvalue weighted by molar-refractivity contribution is 0.409. The minimum absolute atomic E-state index is 0.639. The highest BCUT2D eigenvalue weighted by Crippen LogP contribution is 2.34. The fourth-order valence-corrected chi connectivity index (χ4v) is 3.30. The van der Waals surface area contributed by atoms with Crippen LogP contribution >= 0.6 is 43.6 Å². The highest BCUT2D eigenvalue weighted by Gasteiger charge is 2.07. The predicted octanol–water partition coefficient (Wildman–Crippen LogP) is 4.06. The van der Waals surface area contributed by atoms with Crippen molar-refractivity contribution in [1.29, 1.82) is 0 Å². The summed E-state index contributed by atoms with van der Waals surface area (Å²) >= 11 is 8.88. The second-order valence-corrected chi connectivity index (χ2v) is 6.75. The van der Waals surface area contributed by atoms with Crippen LogP contribution < -0.4 is 10.1 Å². The lowest BCUT2D eigenvalue weighted by atomic mass is 10.2. The molecule has 17 heavy (non-hydrogen) atoms. The minimum atomic E-state index is 0.639. The molecule has 0 saturated heterocycles. The number of hydrogen-bond donors (Lipinski definition) is 1. The van der Waals surface area contributed by atoms with E-state index in [1.165, 1.54) is 5.56 Å². The van der Waals surface area contributed by atoms with Gasteiger partial charge in [-0.05, 0) is 55.8 Å². The second kappa shape index (κ2) is 7.67. The molecule has 0 saturated carbocycles. The van der Waals surface area contributed by atoms with E-state index in [9.17, 15) is 0 Å². The molecule has 1 N–H and O–H groups in total. The summed E-state index contributed by atoms with van der Waals surface area (Å²) in [5, 5.41) is 4.08. The molecule has 1 aromatic rings.